The van der Waals surface area contributed by atoms with Crippen molar-refractivity contribution in [1.82, 2.24) is 19.7 Å². The van der Waals surface area contributed by atoms with E-state index in [1.807, 2.05) is 79.1 Å². The summed E-state index contributed by atoms with van der Waals surface area (Å²) in [5.74, 6) is 1.42. The number of aryl methyl sites for hydroxylation is 2. The van der Waals surface area contributed by atoms with Gasteiger partial charge in [0.25, 0.3) is 0 Å². The summed E-state index contributed by atoms with van der Waals surface area (Å²) in [4.78, 5) is 14.3. The van der Waals surface area contributed by atoms with Gasteiger partial charge in [-0.05, 0) is 37.1 Å². The van der Waals surface area contributed by atoms with E-state index in [2.05, 4.69) is 10.2 Å². The van der Waals surface area contributed by atoms with Gasteiger partial charge in [0, 0.05) is 18.8 Å². The molecule has 0 aliphatic carbocycles. The minimum atomic E-state index is -0.147. The van der Waals surface area contributed by atoms with E-state index in [4.69, 9.17) is 15.3 Å². The third kappa shape index (κ3) is 6.37. The normalized spacial score (nSPS) is 10.4. The van der Waals surface area contributed by atoms with Gasteiger partial charge in [0.1, 0.15) is 12.4 Å². The largest absolute Gasteiger partial charge is 0.485 e. The van der Waals surface area contributed by atoms with Gasteiger partial charge in [0.05, 0.1) is 30.7 Å². The van der Waals surface area contributed by atoms with E-state index in [1.165, 1.54) is 11.8 Å². The van der Waals surface area contributed by atoms with Crippen LogP contribution >= 0.6 is 11.8 Å². The summed E-state index contributed by atoms with van der Waals surface area (Å²) in [5, 5.41) is 27.0. The Balaban J connectivity index is 1.80. The quantitative estimate of drug-likeness (QED) is 0.383. The summed E-state index contributed by atoms with van der Waals surface area (Å²) in [6, 6.07) is 19.8. The number of rotatable bonds is 11. The van der Waals surface area contributed by atoms with Crippen LogP contribution in [0.3, 0.4) is 0 Å². The number of benzene rings is 2. The lowest BCUT2D eigenvalue weighted by Crippen LogP contribution is -2.34. The Morgan fingerprint density at radius 2 is 1.65 bits per heavy atom. The van der Waals surface area contributed by atoms with Gasteiger partial charge in [-0.2, -0.15) is 10.5 Å². The Morgan fingerprint density at radius 3 is 2.26 bits per heavy atom. The van der Waals surface area contributed by atoms with E-state index in [9.17, 15) is 4.79 Å². The van der Waals surface area contributed by atoms with Gasteiger partial charge in [0.15, 0.2) is 11.0 Å². The fourth-order valence-electron chi connectivity index (χ4n) is 3.44. The molecular weight excluding hydrogens is 448 g/mol. The summed E-state index contributed by atoms with van der Waals surface area (Å²) in [5.41, 5.74) is 2.95. The third-order valence-corrected chi connectivity index (χ3v) is 6.05. The van der Waals surface area contributed by atoms with Crippen LogP contribution < -0.4 is 4.74 Å². The summed E-state index contributed by atoms with van der Waals surface area (Å²) in [6.45, 7) is 4.83. The molecule has 0 N–H and O–H groups in total. The average Bonchev–Trinajstić information content (AvgIpc) is 3.25. The molecule has 0 saturated heterocycles. The van der Waals surface area contributed by atoms with Crippen molar-refractivity contribution in [1.29, 1.82) is 10.5 Å². The lowest BCUT2D eigenvalue weighted by molar-refractivity contribution is -0.128. The van der Waals surface area contributed by atoms with Crippen molar-refractivity contribution in [3.05, 3.63) is 65.5 Å². The first-order valence-electron chi connectivity index (χ1n) is 10.9. The first-order chi connectivity index (χ1) is 16.5. The van der Waals surface area contributed by atoms with Crippen molar-refractivity contribution in [2.75, 3.05) is 18.8 Å². The number of hydrogen-bond donors (Lipinski definition) is 0. The zero-order valence-electron chi connectivity index (χ0n) is 19.3. The smallest absolute Gasteiger partial charge is 0.233 e. The lowest BCUT2D eigenvalue weighted by atomic mass is 10.1. The van der Waals surface area contributed by atoms with Gasteiger partial charge >= 0.3 is 0 Å². The molecule has 8 nitrogen and oxygen atoms in total. The zero-order chi connectivity index (χ0) is 24.3. The Bertz CT molecular complexity index is 1160. The Morgan fingerprint density at radius 1 is 1.00 bits per heavy atom. The number of hydrogen-bond acceptors (Lipinski definition) is 7. The van der Waals surface area contributed by atoms with Gasteiger partial charge in [0.2, 0.25) is 5.91 Å². The van der Waals surface area contributed by atoms with Crippen LogP contribution in [0.4, 0.5) is 0 Å². The van der Waals surface area contributed by atoms with E-state index in [1.54, 1.807) is 4.90 Å². The number of carbonyl (C=O) groups excluding carboxylic acids is 1. The third-order valence-electron chi connectivity index (χ3n) is 5.13. The number of nitriles is 2. The minimum Gasteiger partial charge on any atom is -0.485 e. The summed E-state index contributed by atoms with van der Waals surface area (Å²) in [6.07, 6.45) is 0.448. The molecule has 0 fully saturated rings. The van der Waals surface area contributed by atoms with Crippen molar-refractivity contribution in [2.24, 2.45) is 0 Å². The van der Waals surface area contributed by atoms with Crippen LogP contribution in [0.1, 0.15) is 29.8 Å². The van der Waals surface area contributed by atoms with Crippen LogP contribution in [0.25, 0.3) is 5.69 Å². The molecule has 0 aliphatic heterocycles. The molecule has 1 amide bonds. The molecular formula is C25H26N6O2S. The maximum atomic E-state index is 12.8. The lowest BCUT2D eigenvalue weighted by Gasteiger charge is -2.20. The number of aromatic nitrogens is 3. The highest BCUT2D eigenvalue weighted by atomic mass is 32.2. The molecule has 3 rings (SSSR count). The number of ether oxygens (including phenoxy) is 1. The fourth-order valence-corrected chi connectivity index (χ4v) is 4.31. The van der Waals surface area contributed by atoms with E-state index in [0.717, 1.165) is 22.6 Å². The summed E-state index contributed by atoms with van der Waals surface area (Å²) < 4.78 is 8.00. The predicted octanol–water partition coefficient (Wildman–Crippen LogP) is 4.21. The van der Waals surface area contributed by atoms with Crippen LogP contribution in [-0.4, -0.2) is 44.4 Å². The van der Waals surface area contributed by atoms with Crippen molar-refractivity contribution >= 4 is 17.7 Å². The van der Waals surface area contributed by atoms with Gasteiger partial charge in [-0.15, -0.1) is 10.2 Å². The molecule has 0 radical (unpaired) electrons. The highest BCUT2D eigenvalue weighted by molar-refractivity contribution is 7.99. The van der Waals surface area contributed by atoms with Gasteiger partial charge in [-0.25, -0.2) is 0 Å². The van der Waals surface area contributed by atoms with Gasteiger partial charge < -0.3 is 9.64 Å². The van der Waals surface area contributed by atoms with E-state index >= 15 is 0 Å². The topological polar surface area (TPSA) is 108 Å². The highest BCUT2D eigenvalue weighted by Crippen LogP contribution is 2.26. The number of nitrogens with zero attached hydrogens (tertiary/aromatic N) is 6. The number of carbonyl (C=O) groups is 1. The molecule has 0 bridgehead atoms. The maximum absolute atomic E-state index is 12.8. The average molecular weight is 475 g/mol. The molecule has 34 heavy (non-hydrogen) atoms. The van der Waals surface area contributed by atoms with Crippen molar-refractivity contribution < 1.29 is 9.53 Å². The van der Waals surface area contributed by atoms with E-state index < -0.39 is 0 Å². The van der Waals surface area contributed by atoms with Crippen molar-refractivity contribution in [3.8, 4) is 23.6 Å². The second kappa shape index (κ2) is 12.4. The first-order valence-corrected chi connectivity index (χ1v) is 11.9. The predicted molar refractivity (Wildman–Crippen MR) is 129 cm³/mol. The molecule has 0 aliphatic rings. The minimum absolute atomic E-state index is 0.125. The Labute approximate surface area is 203 Å². The zero-order valence-corrected chi connectivity index (χ0v) is 20.1. The van der Waals surface area contributed by atoms with Crippen molar-refractivity contribution in [2.45, 2.75) is 38.5 Å². The molecule has 0 saturated carbocycles. The number of para-hydroxylation sites is 2. The number of amides is 1. The Kier molecular flexibility index (Phi) is 9.07. The molecule has 174 valence electrons. The molecule has 0 spiro atoms. The van der Waals surface area contributed by atoms with Crippen LogP contribution in [0.15, 0.2) is 53.7 Å². The second-order valence-electron chi connectivity index (χ2n) is 7.57. The van der Waals surface area contributed by atoms with Crippen LogP contribution in [-0.2, 0) is 11.4 Å². The summed E-state index contributed by atoms with van der Waals surface area (Å²) >= 11 is 1.27. The number of thioether (sulfide) groups is 1. The fraction of sp³-hybridized carbons (Fsp3) is 0.320. The van der Waals surface area contributed by atoms with Crippen molar-refractivity contribution in [3.63, 3.8) is 0 Å². The maximum Gasteiger partial charge on any atom is 0.233 e. The Hall–Kier alpha value is -3.82. The molecule has 2 aromatic carbocycles. The molecule has 1 aromatic heterocycles. The molecule has 1 heterocycles. The van der Waals surface area contributed by atoms with Crippen LogP contribution in [0.5, 0.6) is 5.75 Å². The van der Waals surface area contributed by atoms with E-state index in [-0.39, 0.29) is 31.1 Å². The van der Waals surface area contributed by atoms with Crippen LogP contribution in [0, 0.1) is 36.5 Å². The highest BCUT2D eigenvalue weighted by Gasteiger charge is 2.19. The first kappa shape index (κ1) is 24.8. The van der Waals surface area contributed by atoms with Gasteiger partial charge in [-0.3, -0.25) is 9.36 Å². The van der Waals surface area contributed by atoms with Gasteiger partial charge in [-0.1, -0.05) is 48.2 Å². The monoisotopic (exact) mass is 474 g/mol. The molecule has 0 atom stereocenters. The standard InChI is InChI=1S/C25H26N6O2S/c1-19-9-6-10-20(2)24(19)33-17-22-28-29-25(31(22)21-11-4-3-5-12-21)34-18-23(32)30(15-7-13-26)16-8-14-27/h3-6,9-12H,7-8,15-18H2,1-2H3. The molecule has 9 heteroatoms. The summed E-state index contributed by atoms with van der Waals surface area (Å²) in [7, 11) is 0. The second-order valence-corrected chi connectivity index (χ2v) is 8.51. The van der Waals surface area contributed by atoms with Crippen LogP contribution in [0.2, 0.25) is 0 Å². The van der Waals surface area contributed by atoms with E-state index in [0.29, 0.717) is 24.1 Å². The SMILES string of the molecule is Cc1cccc(C)c1OCc1nnc(SCC(=O)N(CCC#N)CCC#N)n1-c1ccccc1. The molecule has 3 aromatic rings. The molecule has 0 unspecified atom stereocenters.